The number of hydrazine groups is 1. The number of anilines is 1. The molecule has 0 saturated carbocycles. The molecule has 2 rings (SSSR count). The summed E-state index contributed by atoms with van der Waals surface area (Å²) < 4.78 is 0. The summed E-state index contributed by atoms with van der Waals surface area (Å²) in [4.78, 5) is 22.8. The van der Waals surface area contributed by atoms with Gasteiger partial charge >= 0.3 is 0 Å². The quantitative estimate of drug-likeness (QED) is 0.738. The molecule has 3 N–H and O–H groups in total. The molecule has 90 valence electrons. The van der Waals surface area contributed by atoms with Crippen molar-refractivity contribution in [3.8, 4) is 0 Å². The maximum Gasteiger partial charge on any atom is 0.243 e. The summed E-state index contributed by atoms with van der Waals surface area (Å²) in [7, 11) is 0. The summed E-state index contributed by atoms with van der Waals surface area (Å²) in [5, 5.41) is 3.20. The Bertz CT molecular complexity index is 440. The van der Waals surface area contributed by atoms with Crippen LogP contribution < -0.4 is 16.2 Å². The molecular weight excluding hydrogens is 242 g/mol. The van der Waals surface area contributed by atoms with Crippen molar-refractivity contribution < 1.29 is 9.59 Å². The van der Waals surface area contributed by atoms with Gasteiger partial charge in [0.2, 0.25) is 11.8 Å². The molecule has 1 aromatic carbocycles. The second-order valence-corrected chi connectivity index (χ2v) is 4.16. The fourth-order valence-corrected chi connectivity index (χ4v) is 1.74. The third-order valence-electron chi connectivity index (χ3n) is 2.49. The molecule has 0 radical (unpaired) electrons. The smallest absolute Gasteiger partial charge is 0.243 e. The molecule has 5 nitrogen and oxygen atoms in total. The van der Waals surface area contributed by atoms with Gasteiger partial charge in [-0.15, -0.1) is 0 Å². The lowest BCUT2D eigenvalue weighted by molar-refractivity contribution is -0.126. The van der Waals surface area contributed by atoms with Gasteiger partial charge in [-0.05, 0) is 18.6 Å². The van der Waals surface area contributed by atoms with Crippen molar-refractivity contribution in [1.29, 1.82) is 0 Å². The summed E-state index contributed by atoms with van der Waals surface area (Å²) in [6.07, 6.45) is 0.815. The predicted octanol–water partition coefficient (Wildman–Crippen LogP) is 1.06. The molecule has 0 spiro atoms. The Morgan fingerprint density at radius 2 is 2.18 bits per heavy atom. The van der Waals surface area contributed by atoms with Gasteiger partial charge in [0.25, 0.3) is 0 Å². The lowest BCUT2D eigenvalue weighted by Crippen LogP contribution is -2.54. The van der Waals surface area contributed by atoms with Crippen LogP contribution in [-0.2, 0) is 9.59 Å². The van der Waals surface area contributed by atoms with Gasteiger partial charge in [0, 0.05) is 6.42 Å². The van der Waals surface area contributed by atoms with Crippen LogP contribution in [0.25, 0.3) is 0 Å². The number of carbonyl (C=O) groups excluding carboxylic acids is 2. The van der Waals surface area contributed by atoms with E-state index in [9.17, 15) is 9.59 Å². The first-order chi connectivity index (χ1) is 8.16. The standard InChI is InChI=1S/C11H12ClN3O2/c12-7-3-1-2-4-8(7)13-11(17)9-5-6-10(16)15-14-9/h1-4,9,14H,5-6H2,(H,13,17)(H,15,16). The Morgan fingerprint density at radius 1 is 1.41 bits per heavy atom. The van der Waals surface area contributed by atoms with E-state index in [2.05, 4.69) is 16.2 Å². The van der Waals surface area contributed by atoms with Gasteiger partial charge in [-0.25, -0.2) is 5.43 Å². The minimum atomic E-state index is -0.427. The van der Waals surface area contributed by atoms with Gasteiger partial charge in [-0.3, -0.25) is 15.0 Å². The van der Waals surface area contributed by atoms with Crippen molar-refractivity contribution in [2.24, 2.45) is 0 Å². The predicted molar refractivity (Wildman–Crippen MR) is 64.4 cm³/mol. The molecule has 0 aliphatic carbocycles. The van der Waals surface area contributed by atoms with Crippen LogP contribution in [0.3, 0.4) is 0 Å². The fraction of sp³-hybridized carbons (Fsp3) is 0.273. The minimum Gasteiger partial charge on any atom is -0.323 e. The zero-order valence-electron chi connectivity index (χ0n) is 9.00. The highest BCUT2D eigenvalue weighted by atomic mass is 35.5. The number of para-hydroxylation sites is 1. The zero-order valence-corrected chi connectivity index (χ0v) is 9.75. The number of halogens is 1. The lowest BCUT2D eigenvalue weighted by Gasteiger charge is -2.23. The van der Waals surface area contributed by atoms with Gasteiger partial charge < -0.3 is 5.32 Å². The van der Waals surface area contributed by atoms with E-state index < -0.39 is 6.04 Å². The SMILES string of the molecule is O=C1CCC(C(=O)Nc2ccccc2Cl)NN1. The normalized spacial score (nSPS) is 19.6. The Labute approximate surface area is 103 Å². The van der Waals surface area contributed by atoms with E-state index in [4.69, 9.17) is 11.6 Å². The number of hydrogen-bond donors (Lipinski definition) is 3. The number of nitrogens with one attached hydrogen (secondary N) is 3. The molecule has 1 aromatic rings. The fourth-order valence-electron chi connectivity index (χ4n) is 1.56. The van der Waals surface area contributed by atoms with Crippen molar-refractivity contribution in [2.75, 3.05) is 5.32 Å². The molecule has 1 aliphatic rings. The summed E-state index contributed by atoms with van der Waals surface area (Å²) >= 11 is 5.93. The second kappa shape index (κ2) is 5.16. The summed E-state index contributed by atoms with van der Waals surface area (Å²) in [6.45, 7) is 0. The molecule has 1 aliphatic heterocycles. The Kier molecular flexibility index (Phi) is 3.61. The highest BCUT2D eigenvalue weighted by molar-refractivity contribution is 6.33. The number of amides is 2. The molecule has 17 heavy (non-hydrogen) atoms. The summed E-state index contributed by atoms with van der Waals surface area (Å²) in [6, 6.07) is 6.58. The number of benzene rings is 1. The van der Waals surface area contributed by atoms with E-state index in [1.165, 1.54) is 0 Å². The maximum atomic E-state index is 11.8. The van der Waals surface area contributed by atoms with Crippen molar-refractivity contribution >= 4 is 29.1 Å². The van der Waals surface area contributed by atoms with Crippen molar-refractivity contribution in [3.05, 3.63) is 29.3 Å². The Balaban J connectivity index is 1.98. The highest BCUT2D eigenvalue weighted by Gasteiger charge is 2.24. The Hall–Kier alpha value is -1.59. The van der Waals surface area contributed by atoms with Gasteiger partial charge in [-0.1, -0.05) is 23.7 Å². The first kappa shape index (κ1) is 11.9. The van der Waals surface area contributed by atoms with E-state index in [-0.39, 0.29) is 11.8 Å². The average molecular weight is 254 g/mol. The van der Waals surface area contributed by atoms with E-state index >= 15 is 0 Å². The molecule has 1 heterocycles. The van der Waals surface area contributed by atoms with Gasteiger partial charge in [0.1, 0.15) is 6.04 Å². The van der Waals surface area contributed by atoms with Crippen LogP contribution in [0.4, 0.5) is 5.69 Å². The first-order valence-corrected chi connectivity index (χ1v) is 5.64. The van der Waals surface area contributed by atoms with Crippen molar-refractivity contribution in [3.63, 3.8) is 0 Å². The van der Waals surface area contributed by atoms with Crippen molar-refractivity contribution in [2.45, 2.75) is 18.9 Å². The van der Waals surface area contributed by atoms with Crippen LogP contribution in [-0.4, -0.2) is 17.9 Å². The largest absolute Gasteiger partial charge is 0.323 e. The number of hydrogen-bond acceptors (Lipinski definition) is 3. The van der Waals surface area contributed by atoms with Crippen LogP contribution in [0, 0.1) is 0 Å². The van der Waals surface area contributed by atoms with E-state index in [0.29, 0.717) is 23.6 Å². The van der Waals surface area contributed by atoms with Crippen LogP contribution in [0.2, 0.25) is 5.02 Å². The first-order valence-electron chi connectivity index (χ1n) is 5.26. The zero-order chi connectivity index (χ0) is 12.3. The highest BCUT2D eigenvalue weighted by Crippen LogP contribution is 2.20. The van der Waals surface area contributed by atoms with Crippen LogP contribution in [0.1, 0.15) is 12.8 Å². The molecule has 1 atom stereocenters. The van der Waals surface area contributed by atoms with E-state index in [1.54, 1.807) is 24.3 Å². The Morgan fingerprint density at radius 3 is 2.82 bits per heavy atom. The van der Waals surface area contributed by atoms with Crippen LogP contribution in [0.15, 0.2) is 24.3 Å². The molecule has 1 fully saturated rings. The number of rotatable bonds is 2. The van der Waals surface area contributed by atoms with Gasteiger partial charge in [-0.2, -0.15) is 0 Å². The monoisotopic (exact) mass is 253 g/mol. The van der Waals surface area contributed by atoms with E-state index in [1.807, 2.05) is 0 Å². The molecule has 6 heteroatoms. The molecule has 1 saturated heterocycles. The van der Waals surface area contributed by atoms with Crippen molar-refractivity contribution in [1.82, 2.24) is 10.9 Å². The summed E-state index contributed by atoms with van der Waals surface area (Å²) in [5.41, 5.74) is 5.65. The number of carbonyl (C=O) groups is 2. The van der Waals surface area contributed by atoms with E-state index in [0.717, 1.165) is 0 Å². The lowest BCUT2D eigenvalue weighted by atomic mass is 10.1. The van der Waals surface area contributed by atoms with Crippen LogP contribution in [0.5, 0.6) is 0 Å². The third kappa shape index (κ3) is 2.95. The topological polar surface area (TPSA) is 70.2 Å². The molecule has 0 aromatic heterocycles. The average Bonchev–Trinajstić information content (AvgIpc) is 2.33. The summed E-state index contributed by atoms with van der Waals surface area (Å²) in [5.74, 6) is -0.315. The maximum absolute atomic E-state index is 11.8. The third-order valence-corrected chi connectivity index (χ3v) is 2.82. The molecule has 0 bridgehead atoms. The van der Waals surface area contributed by atoms with Gasteiger partial charge in [0.05, 0.1) is 10.7 Å². The van der Waals surface area contributed by atoms with Gasteiger partial charge in [0.15, 0.2) is 0 Å². The molecule has 1 unspecified atom stereocenters. The van der Waals surface area contributed by atoms with Crippen LogP contribution >= 0.6 is 11.6 Å². The second-order valence-electron chi connectivity index (χ2n) is 3.75. The molecular formula is C11H12ClN3O2. The molecule has 2 amide bonds. The minimum absolute atomic E-state index is 0.105.